The fraction of sp³-hybridized carbons (Fsp3) is 0.500. The third kappa shape index (κ3) is 3.35. The van der Waals surface area contributed by atoms with Gasteiger partial charge in [-0.05, 0) is 25.1 Å². The summed E-state index contributed by atoms with van der Waals surface area (Å²) in [6.07, 6.45) is 0. The van der Waals surface area contributed by atoms with Gasteiger partial charge in [-0.2, -0.15) is 0 Å². The van der Waals surface area contributed by atoms with E-state index in [0.29, 0.717) is 23.6 Å². The lowest BCUT2D eigenvalue weighted by Gasteiger charge is -2.34. The van der Waals surface area contributed by atoms with Crippen molar-refractivity contribution in [1.82, 2.24) is 10.2 Å². The van der Waals surface area contributed by atoms with Crippen LogP contribution in [0.25, 0.3) is 0 Å². The number of carbonyl (C=O) groups excluding carboxylic acids is 1. The molecule has 1 aromatic rings. The van der Waals surface area contributed by atoms with E-state index < -0.39 is 0 Å². The number of hydrogen-bond acceptors (Lipinski definition) is 4. The van der Waals surface area contributed by atoms with E-state index in [-0.39, 0.29) is 24.4 Å². The first-order valence-corrected chi connectivity index (χ1v) is 6.41. The Morgan fingerprint density at radius 1 is 1.35 bits per heavy atom. The highest BCUT2D eigenvalue weighted by atomic mass is 35.5. The zero-order valence-electron chi connectivity index (χ0n) is 12.0. The molecule has 1 atom stereocenters. The maximum absolute atomic E-state index is 12.6. The van der Waals surface area contributed by atoms with Crippen molar-refractivity contribution in [3.63, 3.8) is 0 Å². The van der Waals surface area contributed by atoms with Crippen LogP contribution < -0.4 is 14.8 Å². The highest BCUT2D eigenvalue weighted by Crippen LogP contribution is 2.26. The summed E-state index contributed by atoms with van der Waals surface area (Å²) >= 11 is 0. The summed E-state index contributed by atoms with van der Waals surface area (Å²) in [5.41, 5.74) is 0.551. The zero-order chi connectivity index (χ0) is 13.8. The monoisotopic (exact) mass is 300 g/mol. The van der Waals surface area contributed by atoms with Crippen LogP contribution in [0.4, 0.5) is 0 Å². The number of ether oxygens (including phenoxy) is 2. The lowest BCUT2D eigenvalue weighted by Crippen LogP contribution is -2.52. The molecule has 0 bridgehead atoms. The number of rotatable bonds is 3. The summed E-state index contributed by atoms with van der Waals surface area (Å²) in [6.45, 7) is 4.39. The number of nitrogens with one attached hydrogen (secondary N) is 1. The van der Waals surface area contributed by atoms with E-state index in [0.717, 1.165) is 13.1 Å². The Hall–Kier alpha value is -1.46. The first-order valence-electron chi connectivity index (χ1n) is 6.41. The number of methoxy groups -OCH3 is 2. The van der Waals surface area contributed by atoms with Gasteiger partial charge in [0.2, 0.25) is 0 Å². The molecule has 20 heavy (non-hydrogen) atoms. The number of halogens is 1. The molecule has 5 nitrogen and oxygen atoms in total. The van der Waals surface area contributed by atoms with Crippen molar-refractivity contribution in [3.05, 3.63) is 23.8 Å². The van der Waals surface area contributed by atoms with Gasteiger partial charge in [-0.15, -0.1) is 12.4 Å². The predicted molar refractivity (Wildman–Crippen MR) is 80.2 cm³/mol. The average Bonchev–Trinajstić information content (AvgIpc) is 2.46. The van der Waals surface area contributed by atoms with Crippen LogP contribution in [0.1, 0.15) is 17.3 Å². The van der Waals surface area contributed by atoms with Crippen LogP contribution in [0.2, 0.25) is 0 Å². The lowest BCUT2D eigenvalue weighted by molar-refractivity contribution is 0.0652. The Bertz CT molecular complexity index is 468. The van der Waals surface area contributed by atoms with E-state index in [1.54, 1.807) is 32.4 Å². The summed E-state index contributed by atoms with van der Waals surface area (Å²) in [7, 11) is 3.16. The Kier molecular flexibility index (Phi) is 6.10. The van der Waals surface area contributed by atoms with Gasteiger partial charge < -0.3 is 19.7 Å². The van der Waals surface area contributed by atoms with Crippen LogP contribution in [0.3, 0.4) is 0 Å². The average molecular weight is 301 g/mol. The second-order valence-corrected chi connectivity index (χ2v) is 4.62. The van der Waals surface area contributed by atoms with Crippen molar-refractivity contribution in [1.29, 1.82) is 0 Å². The number of nitrogens with zero attached hydrogens (tertiary/aromatic N) is 1. The first kappa shape index (κ1) is 16.6. The molecule has 0 aromatic heterocycles. The number of hydrogen-bond donors (Lipinski definition) is 1. The van der Waals surface area contributed by atoms with Crippen molar-refractivity contribution in [2.24, 2.45) is 0 Å². The van der Waals surface area contributed by atoms with Gasteiger partial charge in [-0.25, -0.2) is 0 Å². The number of piperazine rings is 1. The van der Waals surface area contributed by atoms with Crippen LogP contribution in [-0.4, -0.2) is 50.7 Å². The molecule has 2 rings (SSSR count). The van der Waals surface area contributed by atoms with Gasteiger partial charge in [0.15, 0.2) is 0 Å². The maximum Gasteiger partial charge on any atom is 0.258 e. The fourth-order valence-electron chi connectivity index (χ4n) is 2.28. The molecule has 0 radical (unpaired) electrons. The Balaban J connectivity index is 0.00000200. The van der Waals surface area contributed by atoms with Crippen LogP contribution in [-0.2, 0) is 0 Å². The minimum Gasteiger partial charge on any atom is -0.497 e. The van der Waals surface area contributed by atoms with E-state index in [1.807, 2.05) is 11.8 Å². The zero-order valence-corrected chi connectivity index (χ0v) is 12.8. The van der Waals surface area contributed by atoms with Crippen molar-refractivity contribution in [3.8, 4) is 11.5 Å². The molecule has 1 saturated heterocycles. The maximum atomic E-state index is 12.6. The molecule has 112 valence electrons. The highest BCUT2D eigenvalue weighted by molar-refractivity contribution is 5.97. The second kappa shape index (κ2) is 7.36. The van der Waals surface area contributed by atoms with Crippen molar-refractivity contribution in [2.75, 3.05) is 33.9 Å². The Morgan fingerprint density at radius 2 is 2.10 bits per heavy atom. The Labute approximate surface area is 125 Å². The van der Waals surface area contributed by atoms with E-state index in [4.69, 9.17) is 9.47 Å². The molecule has 1 aliphatic heterocycles. The molecule has 0 unspecified atom stereocenters. The van der Waals surface area contributed by atoms with E-state index in [9.17, 15) is 4.79 Å². The molecule has 1 heterocycles. The molecule has 1 aliphatic rings. The van der Waals surface area contributed by atoms with Crippen molar-refractivity contribution >= 4 is 18.3 Å². The molecule has 1 aromatic carbocycles. The molecular weight excluding hydrogens is 280 g/mol. The third-order valence-corrected chi connectivity index (χ3v) is 3.40. The van der Waals surface area contributed by atoms with E-state index in [2.05, 4.69) is 5.32 Å². The van der Waals surface area contributed by atoms with E-state index in [1.165, 1.54) is 0 Å². The number of carbonyl (C=O) groups is 1. The summed E-state index contributed by atoms with van der Waals surface area (Å²) in [6, 6.07) is 5.46. The highest BCUT2D eigenvalue weighted by Gasteiger charge is 2.26. The van der Waals surface area contributed by atoms with Crippen LogP contribution >= 0.6 is 12.4 Å². The molecule has 0 spiro atoms. The van der Waals surface area contributed by atoms with Crippen LogP contribution in [0.15, 0.2) is 18.2 Å². The van der Waals surface area contributed by atoms with Gasteiger partial charge in [-0.1, -0.05) is 0 Å². The minimum absolute atomic E-state index is 0. The van der Waals surface area contributed by atoms with Crippen LogP contribution in [0.5, 0.6) is 11.5 Å². The first-order chi connectivity index (χ1) is 9.17. The summed E-state index contributed by atoms with van der Waals surface area (Å²) in [5.74, 6) is 1.23. The molecule has 1 N–H and O–H groups in total. The van der Waals surface area contributed by atoms with Gasteiger partial charge in [0, 0.05) is 25.7 Å². The normalized spacial score (nSPS) is 18.1. The van der Waals surface area contributed by atoms with Gasteiger partial charge in [0.05, 0.1) is 19.8 Å². The quantitative estimate of drug-likeness (QED) is 0.920. The topological polar surface area (TPSA) is 50.8 Å². The van der Waals surface area contributed by atoms with Gasteiger partial charge in [0.25, 0.3) is 5.91 Å². The number of amides is 1. The summed E-state index contributed by atoms with van der Waals surface area (Å²) in [4.78, 5) is 14.5. The van der Waals surface area contributed by atoms with Crippen LogP contribution in [0, 0.1) is 0 Å². The second-order valence-electron chi connectivity index (χ2n) is 4.62. The van der Waals surface area contributed by atoms with Gasteiger partial charge in [0.1, 0.15) is 11.5 Å². The van der Waals surface area contributed by atoms with Gasteiger partial charge in [-0.3, -0.25) is 4.79 Å². The summed E-state index contributed by atoms with van der Waals surface area (Å²) in [5, 5.41) is 3.27. The van der Waals surface area contributed by atoms with E-state index >= 15 is 0 Å². The predicted octanol–water partition coefficient (Wildman–Crippen LogP) is 1.56. The smallest absolute Gasteiger partial charge is 0.258 e. The summed E-state index contributed by atoms with van der Waals surface area (Å²) < 4.78 is 10.5. The van der Waals surface area contributed by atoms with Crippen molar-refractivity contribution < 1.29 is 14.3 Å². The molecular formula is C14H21ClN2O3. The minimum atomic E-state index is -0.00949. The van der Waals surface area contributed by atoms with Crippen molar-refractivity contribution in [2.45, 2.75) is 13.0 Å². The van der Waals surface area contributed by atoms with Gasteiger partial charge >= 0.3 is 0 Å². The SMILES string of the molecule is COc1ccc(OC)c(C(=O)N2CCNC[C@@H]2C)c1.Cl. The largest absolute Gasteiger partial charge is 0.497 e. The molecule has 0 saturated carbocycles. The number of benzene rings is 1. The fourth-order valence-corrected chi connectivity index (χ4v) is 2.28. The standard InChI is InChI=1S/C14H20N2O3.ClH/c1-10-9-15-6-7-16(10)14(17)12-8-11(18-2)4-5-13(12)19-3;/h4-5,8,10,15H,6-7,9H2,1-3H3;1H/t10-;/m0./s1. The molecule has 6 heteroatoms. The lowest BCUT2D eigenvalue weighted by atomic mass is 10.1. The molecule has 1 fully saturated rings. The molecule has 0 aliphatic carbocycles. The Morgan fingerprint density at radius 3 is 2.70 bits per heavy atom. The third-order valence-electron chi connectivity index (χ3n) is 3.40. The molecule has 1 amide bonds.